The summed E-state index contributed by atoms with van der Waals surface area (Å²) >= 11 is 0. The summed E-state index contributed by atoms with van der Waals surface area (Å²) in [6.45, 7) is 0.689. The van der Waals surface area contributed by atoms with Crippen molar-refractivity contribution in [2.45, 2.75) is 38.0 Å². The number of hydrogen-bond donors (Lipinski definition) is 2. The second-order valence-electron chi connectivity index (χ2n) is 6.12. The molecule has 2 fully saturated rings. The predicted octanol–water partition coefficient (Wildman–Crippen LogP) is 3.03. The molecule has 0 amide bonds. The van der Waals surface area contributed by atoms with Crippen LogP contribution < -0.4 is 10.5 Å². The van der Waals surface area contributed by atoms with Crippen molar-refractivity contribution in [3.8, 4) is 5.75 Å². The second kappa shape index (κ2) is 5.35. The van der Waals surface area contributed by atoms with E-state index in [0.29, 0.717) is 29.9 Å². The van der Waals surface area contributed by atoms with E-state index < -0.39 is 11.9 Å². The molecule has 4 nitrogen and oxygen atoms in total. The topological polar surface area (TPSA) is 72.6 Å². The van der Waals surface area contributed by atoms with Crippen LogP contribution in [0.5, 0.6) is 5.75 Å². The summed E-state index contributed by atoms with van der Waals surface area (Å²) in [6.07, 6.45) is 5.48. The standard InChI is InChI=1S/C16H21NO3/c17-14-6-5-12(8-15(14)20-9-11-3-4-11)13(16(18)19)7-10-1-2-10/h5-6,8,10-11,13H,1-4,7,9,17H2,(H,18,19). The van der Waals surface area contributed by atoms with E-state index in [1.807, 2.05) is 12.1 Å². The molecular weight excluding hydrogens is 254 g/mol. The fourth-order valence-corrected chi connectivity index (χ4v) is 2.45. The Morgan fingerprint density at radius 1 is 1.30 bits per heavy atom. The Hall–Kier alpha value is -1.71. The maximum absolute atomic E-state index is 11.5. The van der Waals surface area contributed by atoms with Gasteiger partial charge in [-0.2, -0.15) is 0 Å². The predicted molar refractivity (Wildman–Crippen MR) is 76.8 cm³/mol. The van der Waals surface area contributed by atoms with Crippen LogP contribution in [0.2, 0.25) is 0 Å². The van der Waals surface area contributed by atoms with E-state index in [0.717, 1.165) is 24.8 Å². The molecule has 1 unspecified atom stereocenters. The van der Waals surface area contributed by atoms with Crippen molar-refractivity contribution in [1.82, 2.24) is 0 Å². The second-order valence-corrected chi connectivity index (χ2v) is 6.12. The van der Waals surface area contributed by atoms with E-state index in [-0.39, 0.29) is 0 Å². The number of ether oxygens (including phenoxy) is 1. The quantitative estimate of drug-likeness (QED) is 0.750. The lowest BCUT2D eigenvalue weighted by atomic mass is 9.93. The minimum Gasteiger partial charge on any atom is -0.491 e. The molecule has 0 aliphatic heterocycles. The monoisotopic (exact) mass is 275 g/mol. The van der Waals surface area contributed by atoms with Gasteiger partial charge in [-0.1, -0.05) is 18.9 Å². The number of nitrogens with two attached hydrogens (primary N) is 1. The van der Waals surface area contributed by atoms with Gasteiger partial charge in [0.25, 0.3) is 0 Å². The third-order valence-corrected chi connectivity index (χ3v) is 4.18. The van der Waals surface area contributed by atoms with E-state index >= 15 is 0 Å². The van der Waals surface area contributed by atoms with Crippen LogP contribution in [-0.2, 0) is 4.79 Å². The minimum atomic E-state index is -0.755. The van der Waals surface area contributed by atoms with Crippen LogP contribution in [0.1, 0.15) is 43.6 Å². The maximum Gasteiger partial charge on any atom is 0.310 e. The summed E-state index contributed by atoms with van der Waals surface area (Å²) in [5.41, 5.74) is 7.31. The number of carboxylic acid groups (broad SMARTS) is 1. The van der Waals surface area contributed by atoms with Gasteiger partial charge in [-0.3, -0.25) is 4.79 Å². The van der Waals surface area contributed by atoms with Gasteiger partial charge >= 0.3 is 5.97 Å². The van der Waals surface area contributed by atoms with Crippen molar-refractivity contribution >= 4 is 11.7 Å². The van der Waals surface area contributed by atoms with Crippen LogP contribution in [0.15, 0.2) is 18.2 Å². The van der Waals surface area contributed by atoms with Crippen molar-refractivity contribution in [2.75, 3.05) is 12.3 Å². The summed E-state index contributed by atoms with van der Waals surface area (Å²) < 4.78 is 5.73. The normalized spacial score (nSPS) is 19.6. The number of aliphatic carboxylic acids is 1. The number of carbonyl (C=O) groups is 1. The molecule has 0 spiro atoms. The van der Waals surface area contributed by atoms with Gasteiger partial charge in [0, 0.05) is 0 Å². The molecule has 20 heavy (non-hydrogen) atoms. The fourth-order valence-electron chi connectivity index (χ4n) is 2.45. The smallest absolute Gasteiger partial charge is 0.310 e. The molecule has 2 aliphatic carbocycles. The highest BCUT2D eigenvalue weighted by Crippen LogP contribution is 2.40. The van der Waals surface area contributed by atoms with Gasteiger partial charge in [-0.15, -0.1) is 0 Å². The van der Waals surface area contributed by atoms with Crippen LogP contribution in [0.25, 0.3) is 0 Å². The molecule has 108 valence electrons. The molecule has 0 heterocycles. The summed E-state index contributed by atoms with van der Waals surface area (Å²) in [5, 5.41) is 9.42. The van der Waals surface area contributed by atoms with Crippen molar-refractivity contribution < 1.29 is 14.6 Å². The van der Waals surface area contributed by atoms with E-state index in [9.17, 15) is 9.90 Å². The van der Waals surface area contributed by atoms with Gasteiger partial charge in [0.2, 0.25) is 0 Å². The molecule has 2 saturated carbocycles. The number of carboxylic acids is 1. The summed E-state index contributed by atoms with van der Waals surface area (Å²) in [5.74, 6) is 0.668. The first-order valence-corrected chi connectivity index (χ1v) is 7.38. The highest BCUT2D eigenvalue weighted by atomic mass is 16.5. The first-order chi connectivity index (χ1) is 9.63. The van der Waals surface area contributed by atoms with Crippen LogP contribution in [0.3, 0.4) is 0 Å². The van der Waals surface area contributed by atoms with Crippen molar-refractivity contribution in [3.05, 3.63) is 23.8 Å². The third-order valence-electron chi connectivity index (χ3n) is 4.18. The molecule has 1 aromatic carbocycles. The van der Waals surface area contributed by atoms with Gasteiger partial charge < -0.3 is 15.6 Å². The number of anilines is 1. The molecule has 3 N–H and O–H groups in total. The van der Waals surface area contributed by atoms with Crippen LogP contribution in [0, 0.1) is 11.8 Å². The summed E-state index contributed by atoms with van der Waals surface area (Å²) in [6, 6.07) is 5.40. The number of hydrogen-bond acceptors (Lipinski definition) is 3. The van der Waals surface area contributed by atoms with Gasteiger partial charge in [0.15, 0.2) is 0 Å². The molecule has 4 heteroatoms. The molecule has 1 atom stereocenters. The highest BCUT2D eigenvalue weighted by Gasteiger charge is 2.30. The van der Waals surface area contributed by atoms with Crippen molar-refractivity contribution in [3.63, 3.8) is 0 Å². The van der Waals surface area contributed by atoms with E-state index in [4.69, 9.17) is 10.5 Å². The highest BCUT2D eigenvalue weighted by molar-refractivity contribution is 5.77. The number of rotatable bonds is 7. The Bertz CT molecular complexity index is 506. The van der Waals surface area contributed by atoms with Gasteiger partial charge in [0.1, 0.15) is 5.75 Å². The zero-order valence-electron chi connectivity index (χ0n) is 11.5. The largest absolute Gasteiger partial charge is 0.491 e. The van der Waals surface area contributed by atoms with E-state index in [1.54, 1.807) is 6.07 Å². The van der Waals surface area contributed by atoms with Gasteiger partial charge in [-0.05, 0) is 48.8 Å². The molecule has 0 radical (unpaired) electrons. The van der Waals surface area contributed by atoms with E-state index in [2.05, 4.69) is 0 Å². The van der Waals surface area contributed by atoms with Crippen LogP contribution in [-0.4, -0.2) is 17.7 Å². The van der Waals surface area contributed by atoms with Crippen LogP contribution >= 0.6 is 0 Å². The first-order valence-electron chi connectivity index (χ1n) is 7.38. The lowest BCUT2D eigenvalue weighted by Crippen LogP contribution is -2.13. The zero-order chi connectivity index (χ0) is 14.1. The molecular formula is C16H21NO3. The van der Waals surface area contributed by atoms with Crippen molar-refractivity contribution in [1.29, 1.82) is 0 Å². The lowest BCUT2D eigenvalue weighted by Gasteiger charge is -2.15. The Morgan fingerprint density at radius 3 is 2.60 bits per heavy atom. The van der Waals surface area contributed by atoms with Gasteiger partial charge in [-0.25, -0.2) is 0 Å². The summed E-state index contributed by atoms with van der Waals surface area (Å²) in [7, 11) is 0. The molecule has 0 aromatic heterocycles. The number of nitrogen functional groups attached to an aromatic ring is 1. The average molecular weight is 275 g/mol. The average Bonchev–Trinajstić information content (AvgIpc) is 3.29. The van der Waals surface area contributed by atoms with E-state index in [1.165, 1.54) is 12.8 Å². The third kappa shape index (κ3) is 3.24. The summed E-state index contributed by atoms with van der Waals surface area (Å²) in [4.78, 5) is 11.5. The Morgan fingerprint density at radius 2 is 2.00 bits per heavy atom. The lowest BCUT2D eigenvalue weighted by molar-refractivity contribution is -0.139. The molecule has 0 bridgehead atoms. The Balaban J connectivity index is 1.75. The first kappa shape index (κ1) is 13.3. The van der Waals surface area contributed by atoms with Crippen LogP contribution in [0.4, 0.5) is 5.69 Å². The zero-order valence-corrected chi connectivity index (χ0v) is 11.5. The Labute approximate surface area is 118 Å². The SMILES string of the molecule is Nc1ccc(C(CC2CC2)C(=O)O)cc1OCC1CC1. The molecule has 1 aromatic rings. The number of benzene rings is 1. The maximum atomic E-state index is 11.5. The molecule has 0 saturated heterocycles. The fraction of sp³-hybridized carbons (Fsp3) is 0.562. The minimum absolute atomic E-state index is 0.439. The molecule has 3 rings (SSSR count). The Kier molecular flexibility index (Phi) is 3.55. The van der Waals surface area contributed by atoms with Crippen molar-refractivity contribution in [2.24, 2.45) is 11.8 Å². The molecule has 2 aliphatic rings. The van der Waals surface area contributed by atoms with Gasteiger partial charge in [0.05, 0.1) is 18.2 Å².